The van der Waals surface area contributed by atoms with Gasteiger partial charge >= 0.3 is 0 Å². The summed E-state index contributed by atoms with van der Waals surface area (Å²) in [6.07, 6.45) is 0.891. The second kappa shape index (κ2) is 17.5. The number of anilines is 1. The maximum absolute atomic E-state index is 13.8. The van der Waals surface area contributed by atoms with Crippen LogP contribution in [-0.4, -0.2) is 57.5 Å². The lowest BCUT2D eigenvalue weighted by atomic mass is 10.0. The number of carbonyl (C=O) groups excluding carboxylic acids is 2. The lowest BCUT2D eigenvalue weighted by Gasteiger charge is -2.31. The molecule has 1 unspecified atom stereocenters. The highest BCUT2D eigenvalue weighted by molar-refractivity contribution is 7.92. The number of sulfonamides is 1. The van der Waals surface area contributed by atoms with Gasteiger partial charge < -0.3 is 19.7 Å². The molecule has 0 spiro atoms. The van der Waals surface area contributed by atoms with E-state index >= 15 is 0 Å². The number of carbonyl (C=O) groups is 2. The Labute approximate surface area is 279 Å². The van der Waals surface area contributed by atoms with E-state index in [4.69, 9.17) is 21.1 Å². The Bertz CT molecular complexity index is 1690. The average Bonchev–Trinajstić information content (AvgIpc) is 3.07. The molecule has 0 fully saturated rings. The van der Waals surface area contributed by atoms with Gasteiger partial charge in [-0.1, -0.05) is 54.1 Å². The summed E-state index contributed by atoms with van der Waals surface area (Å²) in [5.74, 6) is -0.985. The number of amides is 2. The molecule has 47 heavy (non-hydrogen) atoms. The molecule has 2 N–H and O–H groups in total. The van der Waals surface area contributed by atoms with E-state index in [0.29, 0.717) is 31.2 Å². The van der Waals surface area contributed by atoms with Crippen molar-refractivity contribution in [2.24, 2.45) is 0 Å². The van der Waals surface area contributed by atoms with E-state index in [1.807, 2.05) is 37.3 Å². The van der Waals surface area contributed by atoms with Crippen LogP contribution in [0.25, 0.3) is 0 Å². The molecule has 9 nitrogen and oxygen atoms in total. The van der Waals surface area contributed by atoms with E-state index in [1.165, 1.54) is 41.3 Å². The van der Waals surface area contributed by atoms with E-state index in [2.05, 4.69) is 10.0 Å². The van der Waals surface area contributed by atoms with Crippen molar-refractivity contribution in [1.29, 1.82) is 0 Å². The van der Waals surface area contributed by atoms with Crippen LogP contribution in [0.2, 0.25) is 5.02 Å². The van der Waals surface area contributed by atoms with Crippen LogP contribution in [0, 0.1) is 5.82 Å². The summed E-state index contributed by atoms with van der Waals surface area (Å²) in [5.41, 5.74) is 1.86. The first-order chi connectivity index (χ1) is 22.6. The van der Waals surface area contributed by atoms with Crippen molar-refractivity contribution >= 4 is 39.1 Å². The maximum Gasteiger partial charge on any atom is 0.261 e. The first-order valence-electron chi connectivity index (χ1n) is 15.1. The Kier molecular flexibility index (Phi) is 13.2. The number of hydrogen-bond acceptors (Lipinski definition) is 6. The molecule has 4 aromatic rings. The molecule has 248 valence electrons. The number of nitrogens with zero attached hydrogens (tertiary/aromatic N) is 1. The highest BCUT2D eigenvalue weighted by Crippen LogP contribution is 2.21. The Morgan fingerprint density at radius 2 is 1.57 bits per heavy atom. The number of hydrogen-bond donors (Lipinski definition) is 2. The van der Waals surface area contributed by atoms with Gasteiger partial charge in [-0.25, -0.2) is 12.8 Å². The van der Waals surface area contributed by atoms with E-state index in [9.17, 15) is 22.4 Å². The fraction of sp³-hybridized carbons (Fsp3) is 0.257. The Hall–Kier alpha value is -4.45. The molecular weight excluding hydrogens is 645 g/mol. The predicted octanol–water partition coefficient (Wildman–Crippen LogP) is 5.84. The SMILES string of the molecule is CCOCCCNC(=O)C(Cc1ccccc1)N(Cc1ccc(Cl)cc1)C(=O)COc1ccc(S(=O)(=O)Nc2ccc(F)cc2)cc1. The van der Waals surface area contributed by atoms with Crippen LogP contribution in [0.15, 0.2) is 108 Å². The predicted molar refractivity (Wildman–Crippen MR) is 179 cm³/mol. The van der Waals surface area contributed by atoms with Gasteiger partial charge in [0.05, 0.1) is 4.90 Å². The summed E-state index contributed by atoms with van der Waals surface area (Å²) >= 11 is 6.10. The van der Waals surface area contributed by atoms with Gasteiger partial charge in [0.25, 0.3) is 15.9 Å². The van der Waals surface area contributed by atoms with Crippen LogP contribution in [0.3, 0.4) is 0 Å². The Morgan fingerprint density at radius 1 is 0.894 bits per heavy atom. The van der Waals surface area contributed by atoms with Crippen LogP contribution in [0.1, 0.15) is 24.5 Å². The van der Waals surface area contributed by atoms with Crippen LogP contribution < -0.4 is 14.8 Å². The third-order valence-corrected chi connectivity index (χ3v) is 8.75. The summed E-state index contributed by atoms with van der Waals surface area (Å²) in [6, 6.07) is 26.1. The molecule has 12 heteroatoms. The number of halogens is 2. The van der Waals surface area contributed by atoms with Crippen molar-refractivity contribution in [1.82, 2.24) is 10.2 Å². The summed E-state index contributed by atoms with van der Waals surface area (Å²) in [7, 11) is -3.95. The normalized spacial score (nSPS) is 11.8. The van der Waals surface area contributed by atoms with Crippen LogP contribution in [-0.2, 0) is 37.3 Å². The van der Waals surface area contributed by atoms with Crippen molar-refractivity contribution in [3.05, 3.63) is 125 Å². The zero-order chi connectivity index (χ0) is 33.6. The summed E-state index contributed by atoms with van der Waals surface area (Å²) < 4.78 is 52.4. The van der Waals surface area contributed by atoms with Gasteiger partial charge in [0.15, 0.2) is 6.61 Å². The van der Waals surface area contributed by atoms with Crippen LogP contribution in [0.4, 0.5) is 10.1 Å². The van der Waals surface area contributed by atoms with Gasteiger partial charge in [-0.05, 0) is 85.1 Å². The van der Waals surface area contributed by atoms with Crippen molar-refractivity contribution in [2.75, 3.05) is 31.1 Å². The van der Waals surface area contributed by atoms with Crippen molar-refractivity contribution in [2.45, 2.75) is 37.2 Å². The van der Waals surface area contributed by atoms with Crippen molar-refractivity contribution in [3.8, 4) is 5.75 Å². The fourth-order valence-electron chi connectivity index (χ4n) is 4.66. The van der Waals surface area contributed by atoms with E-state index in [-0.39, 0.29) is 35.2 Å². The molecule has 4 rings (SSSR count). The topological polar surface area (TPSA) is 114 Å². The van der Waals surface area contributed by atoms with Gasteiger partial charge in [-0.15, -0.1) is 0 Å². The smallest absolute Gasteiger partial charge is 0.261 e. The van der Waals surface area contributed by atoms with Crippen molar-refractivity contribution < 1.29 is 31.9 Å². The fourth-order valence-corrected chi connectivity index (χ4v) is 5.85. The number of benzene rings is 4. The second-order valence-corrected chi connectivity index (χ2v) is 12.7. The first kappa shape index (κ1) is 35.4. The Morgan fingerprint density at radius 3 is 2.23 bits per heavy atom. The highest BCUT2D eigenvalue weighted by atomic mass is 35.5. The number of nitrogens with one attached hydrogen (secondary N) is 2. The van der Waals surface area contributed by atoms with Crippen molar-refractivity contribution in [3.63, 3.8) is 0 Å². The van der Waals surface area contributed by atoms with Crippen LogP contribution >= 0.6 is 11.6 Å². The standard InChI is InChI=1S/C35H37ClFN3O6S/c1-2-45-22-6-21-38-35(42)33(23-26-7-4-3-5-8-26)40(24-27-9-11-28(36)12-10-27)34(41)25-46-31-17-19-32(20-18-31)47(43,44)39-30-15-13-29(37)14-16-30/h3-5,7-20,33,39H,2,6,21-25H2,1H3,(H,38,42). The molecule has 0 aliphatic rings. The number of ether oxygens (including phenoxy) is 2. The average molecular weight is 682 g/mol. The van der Waals surface area contributed by atoms with E-state index in [1.54, 1.807) is 24.3 Å². The molecule has 0 aromatic heterocycles. The zero-order valence-corrected chi connectivity index (χ0v) is 27.5. The molecule has 1 atom stereocenters. The van der Waals surface area contributed by atoms with Gasteiger partial charge in [0.2, 0.25) is 5.91 Å². The quantitative estimate of drug-likeness (QED) is 0.135. The third kappa shape index (κ3) is 11.1. The van der Waals surface area contributed by atoms with Gasteiger partial charge in [0.1, 0.15) is 17.6 Å². The minimum absolute atomic E-state index is 0.0474. The van der Waals surface area contributed by atoms with Gasteiger partial charge in [-0.3, -0.25) is 14.3 Å². The van der Waals surface area contributed by atoms with E-state index < -0.39 is 34.4 Å². The second-order valence-electron chi connectivity index (χ2n) is 10.6. The number of rotatable bonds is 17. The minimum Gasteiger partial charge on any atom is -0.484 e. The summed E-state index contributed by atoms with van der Waals surface area (Å²) in [4.78, 5) is 28.9. The largest absolute Gasteiger partial charge is 0.484 e. The molecule has 0 aliphatic heterocycles. The summed E-state index contributed by atoms with van der Waals surface area (Å²) in [5, 5.41) is 3.49. The lowest BCUT2D eigenvalue weighted by molar-refractivity contribution is -0.142. The molecule has 0 radical (unpaired) electrons. The lowest BCUT2D eigenvalue weighted by Crippen LogP contribution is -2.51. The van der Waals surface area contributed by atoms with Crippen LogP contribution in [0.5, 0.6) is 5.75 Å². The first-order valence-corrected chi connectivity index (χ1v) is 17.0. The van der Waals surface area contributed by atoms with Gasteiger partial charge in [0, 0.05) is 43.4 Å². The third-order valence-electron chi connectivity index (χ3n) is 7.10. The summed E-state index contributed by atoms with van der Waals surface area (Å²) in [6.45, 7) is 3.09. The van der Waals surface area contributed by atoms with E-state index in [0.717, 1.165) is 23.3 Å². The molecule has 0 heterocycles. The zero-order valence-electron chi connectivity index (χ0n) is 25.9. The minimum atomic E-state index is -3.95. The molecule has 0 saturated heterocycles. The molecule has 4 aromatic carbocycles. The molecular formula is C35H37ClFN3O6S. The molecule has 2 amide bonds. The maximum atomic E-state index is 13.8. The molecule has 0 bridgehead atoms. The van der Waals surface area contributed by atoms with Gasteiger partial charge in [-0.2, -0.15) is 0 Å². The Balaban J connectivity index is 1.51. The highest BCUT2D eigenvalue weighted by Gasteiger charge is 2.30. The molecule has 0 aliphatic carbocycles. The molecule has 0 saturated carbocycles. The monoisotopic (exact) mass is 681 g/mol.